The summed E-state index contributed by atoms with van der Waals surface area (Å²) in [5, 5.41) is 14.9. The number of aryl methyl sites for hydroxylation is 2. The molecule has 2 aromatic heterocycles. The fraction of sp³-hybridized carbons (Fsp3) is 0.0909. The number of aromatic amines is 2. The average Bonchev–Trinajstić information content (AvgIpc) is 3.61. The molecule has 0 amide bonds. The highest BCUT2D eigenvalue weighted by Gasteiger charge is 2.07. The van der Waals surface area contributed by atoms with Crippen molar-refractivity contribution in [2.24, 2.45) is 0 Å². The number of rotatable bonds is 4. The fourth-order valence-corrected chi connectivity index (χ4v) is 4.17. The zero-order chi connectivity index (χ0) is 26.5. The zero-order valence-corrected chi connectivity index (χ0v) is 21.4. The normalized spacial score (nSPS) is 10.3. The van der Waals surface area contributed by atoms with Crippen molar-refractivity contribution in [1.29, 1.82) is 0 Å². The quantitative estimate of drug-likeness (QED) is 0.179. The molecule has 0 saturated heterocycles. The number of nitrogens with one attached hydrogen (secondary N) is 2. The molecule has 0 radical (unpaired) electrons. The molecule has 6 heteroatoms. The molecular formula is C33H34N6. The van der Waals surface area contributed by atoms with Crippen molar-refractivity contribution in [1.82, 2.24) is 20.4 Å². The molecule has 6 rings (SSSR count). The Bertz CT molecular complexity index is 1520. The molecule has 6 aromatic rings. The Morgan fingerprint density at radius 2 is 0.872 bits per heavy atom. The van der Waals surface area contributed by atoms with Gasteiger partial charge in [-0.05, 0) is 73.5 Å². The molecule has 0 unspecified atom stereocenters. The van der Waals surface area contributed by atoms with Crippen LogP contribution in [-0.2, 0) is 0 Å². The van der Waals surface area contributed by atoms with E-state index in [0.717, 1.165) is 56.4 Å². The van der Waals surface area contributed by atoms with E-state index in [4.69, 9.17) is 11.5 Å². The first-order chi connectivity index (χ1) is 18.4. The largest absolute Gasteiger partial charge is 0.399 e. The monoisotopic (exact) mass is 514 g/mol. The fourth-order valence-electron chi connectivity index (χ4n) is 4.17. The van der Waals surface area contributed by atoms with Crippen LogP contribution in [0.5, 0.6) is 0 Å². The summed E-state index contributed by atoms with van der Waals surface area (Å²) < 4.78 is 0. The third-order valence-corrected chi connectivity index (χ3v) is 6.23. The van der Waals surface area contributed by atoms with E-state index >= 15 is 0 Å². The molecule has 196 valence electrons. The van der Waals surface area contributed by atoms with Crippen LogP contribution in [-0.4, -0.2) is 20.4 Å². The smallest absolute Gasteiger partial charge is 0.0927 e. The molecule has 6 nitrogen and oxygen atoms in total. The Morgan fingerprint density at radius 3 is 1.23 bits per heavy atom. The van der Waals surface area contributed by atoms with Crippen molar-refractivity contribution in [3.8, 4) is 45.0 Å². The third kappa shape index (κ3) is 6.62. The molecule has 4 aromatic carbocycles. The van der Waals surface area contributed by atoms with Gasteiger partial charge >= 0.3 is 0 Å². The van der Waals surface area contributed by atoms with Gasteiger partial charge in [-0.25, -0.2) is 0 Å². The number of nitrogens with two attached hydrogens (primary N) is 2. The number of hydrogen-bond acceptors (Lipinski definition) is 4. The summed E-state index contributed by atoms with van der Waals surface area (Å²) in [6.45, 7) is 4.16. The lowest BCUT2D eigenvalue weighted by Gasteiger charge is -1.98. The van der Waals surface area contributed by atoms with Gasteiger partial charge in [0.1, 0.15) is 0 Å². The average molecular weight is 515 g/mol. The third-order valence-electron chi connectivity index (χ3n) is 6.23. The number of nitrogens with zero attached hydrogens (tertiary/aromatic N) is 2. The maximum atomic E-state index is 5.69. The number of nitrogen functional groups attached to an aromatic ring is 2. The van der Waals surface area contributed by atoms with Crippen LogP contribution in [0.3, 0.4) is 0 Å². The van der Waals surface area contributed by atoms with E-state index in [1.807, 2.05) is 60.7 Å². The highest BCUT2D eigenvalue weighted by Crippen LogP contribution is 2.26. The molecule has 0 aliphatic rings. The Hall–Kier alpha value is -5.10. The van der Waals surface area contributed by atoms with Crippen LogP contribution in [0.1, 0.15) is 18.6 Å². The van der Waals surface area contributed by atoms with Crippen LogP contribution in [0.2, 0.25) is 0 Å². The van der Waals surface area contributed by atoms with E-state index in [0.29, 0.717) is 0 Å². The molecule has 2 heterocycles. The first kappa shape index (κ1) is 26.9. The number of H-pyrrole nitrogens is 2. The van der Waals surface area contributed by atoms with E-state index in [1.165, 1.54) is 11.1 Å². The molecule has 0 saturated carbocycles. The molecule has 0 bridgehead atoms. The van der Waals surface area contributed by atoms with Crippen LogP contribution in [0.4, 0.5) is 11.4 Å². The van der Waals surface area contributed by atoms with Gasteiger partial charge in [-0.3, -0.25) is 10.2 Å². The molecular weight excluding hydrogens is 480 g/mol. The summed E-state index contributed by atoms with van der Waals surface area (Å²) in [6.07, 6.45) is 0. The lowest BCUT2D eigenvalue weighted by molar-refractivity contribution is 1.10. The Balaban J connectivity index is 0.000000176. The Morgan fingerprint density at radius 1 is 0.487 bits per heavy atom. The van der Waals surface area contributed by atoms with Crippen LogP contribution in [0.25, 0.3) is 45.0 Å². The maximum Gasteiger partial charge on any atom is 0.0927 e. The van der Waals surface area contributed by atoms with Gasteiger partial charge in [-0.15, -0.1) is 0 Å². The summed E-state index contributed by atoms with van der Waals surface area (Å²) in [6, 6.07) is 36.3. The van der Waals surface area contributed by atoms with E-state index in [2.05, 4.69) is 82.8 Å². The van der Waals surface area contributed by atoms with E-state index in [1.54, 1.807) is 0 Å². The molecule has 6 N–H and O–H groups in total. The number of aromatic nitrogens is 4. The van der Waals surface area contributed by atoms with E-state index in [-0.39, 0.29) is 7.43 Å². The van der Waals surface area contributed by atoms with Crippen molar-refractivity contribution < 1.29 is 0 Å². The first-order valence-corrected chi connectivity index (χ1v) is 12.4. The van der Waals surface area contributed by atoms with E-state index in [9.17, 15) is 0 Å². The molecule has 39 heavy (non-hydrogen) atoms. The standard InChI is InChI=1S/2C16H15N3.CH4/c2*1-11-3-2-4-13(9-11)16-10-15(18-19-16)12-5-7-14(17)8-6-12;/h2*2-10H,17H2,1H3,(H,18,19);1H4. The summed E-state index contributed by atoms with van der Waals surface area (Å²) in [7, 11) is 0. The maximum absolute atomic E-state index is 5.69. The summed E-state index contributed by atoms with van der Waals surface area (Å²) in [5.41, 5.74) is 23.7. The van der Waals surface area contributed by atoms with Gasteiger partial charge in [-0.2, -0.15) is 10.2 Å². The van der Waals surface area contributed by atoms with Crippen molar-refractivity contribution in [3.63, 3.8) is 0 Å². The number of anilines is 2. The Labute approximate surface area is 229 Å². The second-order valence-electron chi connectivity index (χ2n) is 9.32. The van der Waals surface area contributed by atoms with Crippen molar-refractivity contribution in [3.05, 3.63) is 120 Å². The van der Waals surface area contributed by atoms with Crippen LogP contribution >= 0.6 is 0 Å². The van der Waals surface area contributed by atoms with Gasteiger partial charge in [0.05, 0.1) is 22.8 Å². The van der Waals surface area contributed by atoms with Gasteiger partial charge in [0.15, 0.2) is 0 Å². The van der Waals surface area contributed by atoms with Gasteiger partial charge in [0, 0.05) is 22.5 Å². The minimum Gasteiger partial charge on any atom is -0.399 e. The van der Waals surface area contributed by atoms with Crippen LogP contribution in [0, 0.1) is 13.8 Å². The molecule has 0 aliphatic heterocycles. The number of benzene rings is 4. The summed E-state index contributed by atoms with van der Waals surface area (Å²) >= 11 is 0. The molecule has 0 spiro atoms. The van der Waals surface area contributed by atoms with Crippen LogP contribution in [0.15, 0.2) is 109 Å². The highest BCUT2D eigenvalue weighted by atomic mass is 15.1. The molecule has 0 fully saturated rings. The van der Waals surface area contributed by atoms with Crippen molar-refractivity contribution in [2.45, 2.75) is 21.3 Å². The zero-order valence-electron chi connectivity index (χ0n) is 21.4. The molecule has 0 aliphatic carbocycles. The highest BCUT2D eigenvalue weighted by molar-refractivity contribution is 5.70. The van der Waals surface area contributed by atoms with Gasteiger partial charge < -0.3 is 11.5 Å². The lowest BCUT2D eigenvalue weighted by atomic mass is 10.1. The second-order valence-corrected chi connectivity index (χ2v) is 9.32. The minimum atomic E-state index is 0. The number of hydrogen-bond donors (Lipinski definition) is 4. The Kier molecular flexibility index (Phi) is 8.27. The van der Waals surface area contributed by atoms with Crippen LogP contribution < -0.4 is 11.5 Å². The summed E-state index contributed by atoms with van der Waals surface area (Å²) in [4.78, 5) is 0. The van der Waals surface area contributed by atoms with Gasteiger partial charge in [0.25, 0.3) is 0 Å². The predicted molar refractivity (Wildman–Crippen MR) is 164 cm³/mol. The summed E-state index contributed by atoms with van der Waals surface area (Å²) in [5.74, 6) is 0. The topological polar surface area (TPSA) is 109 Å². The van der Waals surface area contributed by atoms with Crippen molar-refractivity contribution in [2.75, 3.05) is 11.5 Å². The van der Waals surface area contributed by atoms with Gasteiger partial charge in [-0.1, -0.05) is 79.2 Å². The molecule has 0 atom stereocenters. The SMILES string of the molecule is C.Cc1cccc(-c2cc(-c3ccc(N)cc3)[nH]n2)c1.Cc1cccc(-c2cc(-c3ccc(N)cc3)[nH]n2)c1. The minimum absolute atomic E-state index is 0. The first-order valence-electron chi connectivity index (χ1n) is 12.4. The second kappa shape index (κ2) is 12.0. The predicted octanol–water partition coefficient (Wildman–Crippen LogP) is 7.90. The van der Waals surface area contributed by atoms with E-state index < -0.39 is 0 Å². The lowest BCUT2D eigenvalue weighted by Crippen LogP contribution is -1.83. The van der Waals surface area contributed by atoms with Gasteiger partial charge in [0.2, 0.25) is 0 Å². The van der Waals surface area contributed by atoms with Crippen molar-refractivity contribution >= 4 is 11.4 Å².